The van der Waals surface area contributed by atoms with Crippen LogP contribution in [0.3, 0.4) is 0 Å². The van der Waals surface area contributed by atoms with Gasteiger partial charge in [-0.1, -0.05) is 0 Å². The van der Waals surface area contributed by atoms with E-state index >= 15 is 0 Å². The van der Waals surface area contributed by atoms with Gasteiger partial charge < -0.3 is 0 Å². The third kappa shape index (κ3) is 4.44. The molecule has 0 heterocycles. The maximum absolute atomic E-state index is 12.1. The van der Waals surface area contributed by atoms with Crippen LogP contribution in [0.4, 0.5) is 39.5 Å². The van der Waals surface area contributed by atoms with Crippen LogP contribution in [0.25, 0.3) is 0 Å². The summed E-state index contributed by atoms with van der Waals surface area (Å²) in [6, 6.07) is 0. The first-order chi connectivity index (χ1) is 9.12. The van der Waals surface area contributed by atoms with Crippen LogP contribution in [-0.4, -0.2) is 75.2 Å². The van der Waals surface area contributed by atoms with Gasteiger partial charge in [0.1, 0.15) is 0 Å². The maximum Gasteiger partial charge on any atom is 0.499 e. The van der Waals surface area contributed by atoms with Crippen LogP contribution in [0.2, 0.25) is 0 Å². The van der Waals surface area contributed by atoms with E-state index in [1.54, 1.807) is 0 Å². The topological polar surface area (TPSA) is 102 Å². The molecular formula is C4HF9NaO6S3. The minimum absolute atomic E-state index is 0. The van der Waals surface area contributed by atoms with Crippen LogP contribution >= 0.6 is 0 Å². The van der Waals surface area contributed by atoms with Gasteiger partial charge in [-0.25, -0.2) is 25.3 Å². The molecule has 0 fully saturated rings. The molecule has 23 heavy (non-hydrogen) atoms. The summed E-state index contributed by atoms with van der Waals surface area (Å²) in [5.74, 6) is 0. The standard InChI is InChI=1S/C4HF9O6S3.Na/c5-2(6,7)20(14,15)1(21(16,17)3(8,9)10)22(18,19)4(11,12)13;/h1H;. The van der Waals surface area contributed by atoms with Crippen molar-refractivity contribution in [1.29, 1.82) is 0 Å². The van der Waals surface area contributed by atoms with Crippen molar-refractivity contribution in [3.63, 3.8) is 0 Å². The molecule has 0 aromatic carbocycles. The van der Waals surface area contributed by atoms with Gasteiger partial charge in [0.25, 0.3) is 33.4 Å². The second-order valence-corrected chi connectivity index (χ2v) is 10.2. The minimum Gasteiger partial charge on any atom is -0.217 e. The minimum atomic E-state index is -7.94. The number of alkyl halides is 9. The number of halogens is 9. The van der Waals surface area contributed by atoms with Crippen LogP contribution in [0.15, 0.2) is 0 Å². The van der Waals surface area contributed by atoms with Gasteiger partial charge in [0, 0.05) is 29.6 Å². The molecule has 0 bridgehead atoms. The Morgan fingerprint density at radius 3 is 0.696 bits per heavy atom. The Bertz CT molecular complexity index is 634. The van der Waals surface area contributed by atoms with Crippen molar-refractivity contribution in [3.8, 4) is 0 Å². The van der Waals surface area contributed by atoms with E-state index in [1.165, 1.54) is 0 Å². The van der Waals surface area contributed by atoms with Crippen molar-refractivity contribution in [1.82, 2.24) is 0 Å². The van der Waals surface area contributed by atoms with Crippen LogP contribution in [0, 0.1) is 0 Å². The van der Waals surface area contributed by atoms with Crippen molar-refractivity contribution in [2.24, 2.45) is 0 Å². The molecule has 135 valence electrons. The Balaban J connectivity index is 0. The Kier molecular flexibility index (Phi) is 7.20. The van der Waals surface area contributed by atoms with E-state index in [0.29, 0.717) is 0 Å². The molecule has 0 aromatic heterocycles. The Morgan fingerprint density at radius 2 is 0.609 bits per heavy atom. The van der Waals surface area contributed by atoms with Crippen LogP contribution in [0.1, 0.15) is 0 Å². The van der Waals surface area contributed by atoms with Crippen molar-refractivity contribution in [3.05, 3.63) is 0 Å². The van der Waals surface area contributed by atoms with Crippen LogP contribution in [0.5, 0.6) is 0 Å². The van der Waals surface area contributed by atoms with E-state index in [9.17, 15) is 64.8 Å². The monoisotopic (exact) mass is 435 g/mol. The summed E-state index contributed by atoms with van der Waals surface area (Å²) in [7, 11) is -23.8. The molecule has 0 amide bonds. The van der Waals surface area contributed by atoms with Crippen molar-refractivity contribution >= 4 is 59.1 Å². The number of hydrogen-bond acceptors (Lipinski definition) is 6. The van der Waals surface area contributed by atoms with Gasteiger partial charge in [-0.15, -0.1) is 0 Å². The van der Waals surface area contributed by atoms with Gasteiger partial charge in [-0.2, -0.15) is 39.5 Å². The molecule has 0 N–H and O–H groups in total. The van der Waals surface area contributed by atoms with Gasteiger partial charge in [-0.05, 0) is 0 Å². The maximum atomic E-state index is 12.1. The summed E-state index contributed by atoms with van der Waals surface area (Å²) >= 11 is 0. The fourth-order valence-electron chi connectivity index (χ4n) is 0.828. The van der Waals surface area contributed by atoms with Crippen molar-refractivity contribution < 1.29 is 64.8 Å². The molecule has 0 rings (SSSR count). The third-order valence-corrected chi connectivity index (χ3v) is 9.74. The molecule has 0 aliphatic carbocycles. The average Bonchev–Trinajstić information content (AvgIpc) is 2.09. The zero-order chi connectivity index (χ0) is 18.6. The smallest absolute Gasteiger partial charge is 0.217 e. The zero-order valence-electron chi connectivity index (χ0n) is 10.2. The molecule has 0 saturated heterocycles. The quantitative estimate of drug-likeness (QED) is 0.478. The summed E-state index contributed by atoms with van der Waals surface area (Å²) in [6.45, 7) is 0. The summed E-state index contributed by atoms with van der Waals surface area (Å²) in [5.41, 5.74) is -21.1. The van der Waals surface area contributed by atoms with Gasteiger partial charge in [-0.3, -0.25) is 0 Å². The summed E-state index contributed by atoms with van der Waals surface area (Å²) in [5, 5.41) is 0. The number of rotatable bonds is 3. The zero-order valence-corrected chi connectivity index (χ0v) is 14.6. The van der Waals surface area contributed by atoms with Gasteiger partial charge in [0.2, 0.25) is 0 Å². The molecular weight excluding hydrogens is 434 g/mol. The number of hydrogen-bond donors (Lipinski definition) is 0. The summed E-state index contributed by atoms with van der Waals surface area (Å²) in [4.78, 5) is 0. The van der Waals surface area contributed by atoms with Crippen LogP contribution in [-0.2, 0) is 29.5 Å². The molecule has 19 heteroatoms. The third-order valence-electron chi connectivity index (χ3n) is 1.73. The van der Waals surface area contributed by atoms with E-state index in [-0.39, 0.29) is 29.6 Å². The van der Waals surface area contributed by atoms with E-state index in [2.05, 4.69) is 0 Å². The van der Waals surface area contributed by atoms with Gasteiger partial charge >= 0.3 is 16.5 Å². The molecule has 0 atom stereocenters. The predicted octanol–water partition coefficient (Wildman–Crippen LogP) is 0.693. The van der Waals surface area contributed by atoms with E-state index in [0.717, 1.165) is 0 Å². The summed E-state index contributed by atoms with van der Waals surface area (Å²) < 4.78 is 167. The first-order valence-corrected chi connectivity index (χ1v) is 8.66. The molecule has 1 radical (unpaired) electrons. The van der Waals surface area contributed by atoms with Crippen molar-refractivity contribution in [2.75, 3.05) is 0 Å². The second-order valence-electron chi connectivity index (χ2n) is 3.26. The predicted molar refractivity (Wildman–Crippen MR) is 54.5 cm³/mol. The molecule has 0 aromatic rings. The fourth-order valence-corrected chi connectivity index (χ4v) is 7.45. The average molecular weight is 435 g/mol. The molecule has 0 aliphatic rings. The second kappa shape index (κ2) is 6.50. The van der Waals surface area contributed by atoms with Gasteiger partial charge in [0.15, 0.2) is 0 Å². The first-order valence-electron chi connectivity index (χ1n) is 4.02. The molecule has 0 aliphatic heterocycles. The normalized spacial score (nSPS) is 15.4. The van der Waals surface area contributed by atoms with Gasteiger partial charge in [0.05, 0.1) is 0 Å². The Morgan fingerprint density at radius 1 is 0.478 bits per heavy atom. The number of sulfone groups is 3. The van der Waals surface area contributed by atoms with Crippen LogP contribution < -0.4 is 0 Å². The summed E-state index contributed by atoms with van der Waals surface area (Å²) in [6.07, 6.45) is 0. The molecule has 6 nitrogen and oxygen atoms in total. The Hall–Kier alpha value is 0.220. The molecule has 0 unspecified atom stereocenters. The molecule has 0 saturated carbocycles. The van der Waals surface area contributed by atoms with E-state index in [4.69, 9.17) is 0 Å². The molecule has 0 spiro atoms. The van der Waals surface area contributed by atoms with E-state index < -0.39 is 50.0 Å². The Labute approximate surface area is 144 Å². The SMILES string of the molecule is O=S(=O)(C(S(=O)(=O)C(F)(F)F)S(=O)(=O)C(F)(F)F)C(F)(F)F.[Na]. The fraction of sp³-hybridized carbons (Fsp3) is 1.00. The largest absolute Gasteiger partial charge is 0.499 e. The van der Waals surface area contributed by atoms with Crippen molar-refractivity contribution in [2.45, 2.75) is 20.4 Å². The first kappa shape index (κ1) is 25.5. The van der Waals surface area contributed by atoms with E-state index in [1.807, 2.05) is 0 Å².